The summed E-state index contributed by atoms with van der Waals surface area (Å²) in [6.45, 7) is 4.02. The Morgan fingerprint density at radius 1 is 1.33 bits per heavy atom. The summed E-state index contributed by atoms with van der Waals surface area (Å²) in [5.41, 5.74) is 0.912. The Balaban J connectivity index is 2.30. The molecule has 0 aliphatic rings. The maximum Gasteiger partial charge on any atom is 0.126 e. The lowest BCUT2D eigenvalue weighted by Gasteiger charge is -2.09. The average Bonchev–Trinajstić information content (AvgIpc) is 2.29. The molecule has 0 unspecified atom stereocenters. The summed E-state index contributed by atoms with van der Waals surface area (Å²) in [5.74, 6) is 1.21. The average molecular weight is 230 g/mol. The minimum absolute atomic E-state index is 0.416. The number of pyridine rings is 1. The number of hydrogen-bond donors (Lipinski definition) is 0. The number of nitrogens with zero attached hydrogens (tertiary/aromatic N) is 1. The minimum Gasteiger partial charge on any atom is -0.491 e. The molecule has 1 aromatic heterocycles. The van der Waals surface area contributed by atoms with E-state index in [0.717, 1.165) is 24.3 Å². The van der Waals surface area contributed by atoms with E-state index in [1.54, 1.807) is 12.4 Å². The number of ether oxygens (including phenoxy) is 2. The highest BCUT2D eigenvalue weighted by Gasteiger charge is 2.01. The summed E-state index contributed by atoms with van der Waals surface area (Å²) < 4.78 is 10.8. The number of rotatable bonds is 7. The lowest BCUT2D eigenvalue weighted by Crippen LogP contribution is -2.08. The highest BCUT2D eigenvalue weighted by atomic mass is 35.5. The molecule has 0 spiro atoms. The van der Waals surface area contributed by atoms with Gasteiger partial charge < -0.3 is 9.47 Å². The Morgan fingerprint density at radius 3 is 2.93 bits per heavy atom. The van der Waals surface area contributed by atoms with Crippen molar-refractivity contribution in [3.05, 3.63) is 24.0 Å². The molecule has 0 saturated heterocycles. The molecule has 0 atom stereocenters. The molecule has 15 heavy (non-hydrogen) atoms. The molecule has 84 valence electrons. The van der Waals surface area contributed by atoms with Crippen molar-refractivity contribution in [3.63, 3.8) is 0 Å². The first kappa shape index (κ1) is 12.3. The first-order valence-electron chi connectivity index (χ1n) is 5.08. The third-order valence-electron chi connectivity index (χ3n) is 1.84. The van der Waals surface area contributed by atoms with Crippen molar-refractivity contribution in [2.45, 2.75) is 19.2 Å². The van der Waals surface area contributed by atoms with E-state index in [-0.39, 0.29) is 0 Å². The van der Waals surface area contributed by atoms with Gasteiger partial charge in [0, 0.05) is 24.6 Å². The van der Waals surface area contributed by atoms with Crippen LogP contribution in [0, 0.1) is 0 Å². The molecule has 0 aliphatic heterocycles. The van der Waals surface area contributed by atoms with Crippen LogP contribution >= 0.6 is 11.6 Å². The van der Waals surface area contributed by atoms with Crippen LogP contribution in [0.4, 0.5) is 0 Å². The van der Waals surface area contributed by atoms with Crippen LogP contribution in [0.1, 0.15) is 18.9 Å². The fourth-order valence-electron chi connectivity index (χ4n) is 1.11. The summed E-state index contributed by atoms with van der Waals surface area (Å²) >= 11 is 5.74. The van der Waals surface area contributed by atoms with E-state index < -0.39 is 0 Å². The van der Waals surface area contributed by atoms with Crippen molar-refractivity contribution >= 4 is 11.6 Å². The van der Waals surface area contributed by atoms with Gasteiger partial charge in [-0.15, -0.1) is 11.6 Å². The molecule has 4 heteroatoms. The van der Waals surface area contributed by atoms with Gasteiger partial charge >= 0.3 is 0 Å². The van der Waals surface area contributed by atoms with Gasteiger partial charge in [-0.05, 0) is 12.5 Å². The molecule has 0 radical (unpaired) electrons. The normalized spacial score (nSPS) is 10.3. The molecule has 1 heterocycles. The van der Waals surface area contributed by atoms with Crippen LogP contribution in [-0.4, -0.2) is 24.8 Å². The fraction of sp³-hybridized carbons (Fsp3) is 0.545. The van der Waals surface area contributed by atoms with Crippen LogP contribution in [0.25, 0.3) is 0 Å². The molecule has 0 N–H and O–H groups in total. The molecular formula is C11H16ClNO2. The SMILES string of the molecule is CCCOCCOc1ccncc1CCl. The zero-order chi connectivity index (χ0) is 10.9. The van der Waals surface area contributed by atoms with Crippen molar-refractivity contribution in [3.8, 4) is 5.75 Å². The van der Waals surface area contributed by atoms with E-state index in [2.05, 4.69) is 11.9 Å². The third kappa shape index (κ3) is 4.49. The molecule has 0 aliphatic carbocycles. The molecule has 0 amide bonds. The standard InChI is InChI=1S/C11H16ClNO2/c1-2-5-14-6-7-15-11-3-4-13-9-10(11)8-12/h3-4,9H,2,5-8H2,1H3. The molecular weight excluding hydrogens is 214 g/mol. The highest BCUT2D eigenvalue weighted by Crippen LogP contribution is 2.18. The Bertz CT molecular complexity index is 281. The van der Waals surface area contributed by atoms with E-state index in [9.17, 15) is 0 Å². The molecule has 0 bridgehead atoms. The molecule has 3 nitrogen and oxygen atoms in total. The topological polar surface area (TPSA) is 31.4 Å². The fourth-order valence-corrected chi connectivity index (χ4v) is 1.31. The summed E-state index contributed by atoms with van der Waals surface area (Å²) in [5, 5.41) is 0. The smallest absolute Gasteiger partial charge is 0.126 e. The second-order valence-corrected chi connectivity index (χ2v) is 3.35. The van der Waals surface area contributed by atoms with Gasteiger partial charge in [-0.2, -0.15) is 0 Å². The molecule has 1 aromatic rings. The second kappa shape index (κ2) is 7.49. The van der Waals surface area contributed by atoms with Gasteiger partial charge in [0.25, 0.3) is 0 Å². The van der Waals surface area contributed by atoms with Gasteiger partial charge in [0.05, 0.1) is 12.5 Å². The van der Waals surface area contributed by atoms with Gasteiger partial charge in [0.2, 0.25) is 0 Å². The van der Waals surface area contributed by atoms with E-state index in [1.807, 2.05) is 6.07 Å². The molecule has 1 rings (SSSR count). The zero-order valence-corrected chi connectivity index (χ0v) is 9.67. The monoisotopic (exact) mass is 229 g/mol. The third-order valence-corrected chi connectivity index (χ3v) is 2.12. The van der Waals surface area contributed by atoms with E-state index >= 15 is 0 Å². The van der Waals surface area contributed by atoms with Crippen molar-refractivity contribution in [2.24, 2.45) is 0 Å². The number of aromatic nitrogens is 1. The summed E-state index contributed by atoms with van der Waals surface area (Å²) in [6.07, 6.45) is 4.44. The quantitative estimate of drug-likeness (QED) is 0.532. The maximum atomic E-state index is 5.74. The summed E-state index contributed by atoms with van der Waals surface area (Å²) in [6, 6.07) is 1.82. The van der Waals surface area contributed by atoms with E-state index in [1.165, 1.54) is 0 Å². The van der Waals surface area contributed by atoms with Gasteiger partial charge in [0.1, 0.15) is 12.4 Å². The number of halogens is 1. The lowest BCUT2D eigenvalue weighted by molar-refractivity contribution is 0.100. The Morgan fingerprint density at radius 2 is 2.20 bits per heavy atom. The maximum absolute atomic E-state index is 5.74. The van der Waals surface area contributed by atoms with Gasteiger partial charge in [-0.1, -0.05) is 6.92 Å². The first-order valence-corrected chi connectivity index (χ1v) is 5.61. The van der Waals surface area contributed by atoms with Crippen molar-refractivity contribution in [2.75, 3.05) is 19.8 Å². The van der Waals surface area contributed by atoms with Crippen LogP contribution < -0.4 is 4.74 Å². The van der Waals surface area contributed by atoms with Gasteiger partial charge in [0.15, 0.2) is 0 Å². The van der Waals surface area contributed by atoms with Crippen molar-refractivity contribution in [1.29, 1.82) is 0 Å². The second-order valence-electron chi connectivity index (χ2n) is 3.08. The number of hydrogen-bond acceptors (Lipinski definition) is 3. The Kier molecular flexibility index (Phi) is 6.12. The van der Waals surface area contributed by atoms with Crippen molar-refractivity contribution < 1.29 is 9.47 Å². The van der Waals surface area contributed by atoms with Gasteiger partial charge in [-0.3, -0.25) is 4.98 Å². The summed E-state index contributed by atoms with van der Waals surface area (Å²) in [7, 11) is 0. The summed E-state index contributed by atoms with van der Waals surface area (Å²) in [4.78, 5) is 3.98. The van der Waals surface area contributed by atoms with Crippen molar-refractivity contribution in [1.82, 2.24) is 4.98 Å². The number of alkyl halides is 1. The molecule has 0 saturated carbocycles. The minimum atomic E-state index is 0.416. The Hall–Kier alpha value is -0.800. The van der Waals surface area contributed by atoms with Crippen LogP contribution in [0.15, 0.2) is 18.5 Å². The lowest BCUT2D eigenvalue weighted by atomic mass is 10.3. The molecule has 0 fully saturated rings. The van der Waals surface area contributed by atoms with Gasteiger partial charge in [-0.25, -0.2) is 0 Å². The zero-order valence-electron chi connectivity index (χ0n) is 8.91. The predicted molar refractivity (Wildman–Crippen MR) is 60.4 cm³/mol. The van der Waals surface area contributed by atoms with E-state index in [4.69, 9.17) is 21.1 Å². The Labute approximate surface area is 95.4 Å². The first-order chi connectivity index (χ1) is 7.38. The predicted octanol–water partition coefficient (Wildman–Crippen LogP) is 2.63. The molecule has 0 aromatic carbocycles. The van der Waals surface area contributed by atoms with Crippen LogP contribution in [0.2, 0.25) is 0 Å². The van der Waals surface area contributed by atoms with Crippen LogP contribution in [-0.2, 0) is 10.6 Å². The van der Waals surface area contributed by atoms with Crippen LogP contribution in [0.5, 0.6) is 5.75 Å². The largest absolute Gasteiger partial charge is 0.491 e. The van der Waals surface area contributed by atoms with Crippen LogP contribution in [0.3, 0.4) is 0 Å². The van der Waals surface area contributed by atoms with E-state index in [0.29, 0.717) is 19.1 Å². The highest BCUT2D eigenvalue weighted by molar-refractivity contribution is 6.17.